The largest absolute Gasteiger partial charge is 0.495 e. The molecule has 0 saturated carbocycles. The number of halogens is 1. The molecule has 0 atom stereocenters. The normalized spacial score (nSPS) is 11.5. The summed E-state index contributed by atoms with van der Waals surface area (Å²) in [5.74, 6) is 0.614. The quantitative estimate of drug-likeness (QED) is 0.719. The van der Waals surface area contributed by atoms with Gasteiger partial charge in [0.25, 0.3) is 0 Å². The van der Waals surface area contributed by atoms with Crippen molar-refractivity contribution < 1.29 is 17.7 Å². The number of ether oxygens (including phenoxy) is 1. The van der Waals surface area contributed by atoms with Crippen LogP contribution < -0.4 is 15.2 Å². The molecule has 10 heteroatoms. The lowest BCUT2D eigenvalue weighted by molar-refractivity contribution is 0.402. The zero-order valence-corrected chi connectivity index (χ0v) is 13.4. The van der Waals surface area contributed by atoms with Crippen molar-refractivity contribution in [1.82, 2.24) is 14.9 Å². The van der Waals surface area contributed by atoms with E-state index in [0.717, 1.165) is 0 Å². The van der Waals surface area contributed by atoms with Crippen molar-refractivity contribution in [3.8, 4) is 5.75 Å². The van der Waals surface area contributed by atoms with Crippen LogP contribution in [0.4, 0.5) is 5.69 Å². The second-order valence-corrected chi connectivity index (χ2v) is 6.61. The van der Waals surface area contributed by atoms with Gasteiger partial charge in [0.2, 0.25) is 16.4 Å². The van der Waals surface area contributed by atoms with Crippen LogP contribution in [0.2, 0.25) is 0 Å². The Hall–Kier alpha value is -1.65. The maximum Gasteiger partial charge on any atom is 0.244 e. The molecule has 0 saturated heterocycles. The molecule has 0 bridgehead atoms. The summed E-state index contributed by atoms with van der Waals surface area (Å²) >= 11 is 3.22. The Labute approximate surface area is 129 Å². The smallest absolute Gasteiger partial charge is 0.244 e. The summed E-state index contributed by atoms with van der Waals surface area (Å²) in [5, 5.41) is 3.60. The van der Waals surface area contributed by atoms with Crippen molar-refractivity contribution in [2.24, 2.45) is 0 Å². The van der Waals surface area contributed by atoms with Gasteiger partial charge in [-0.25, -0.2) is 13.1 Å². The van der Waals surface area contributed by atoms with E-state index in [1.165, 1.54) is 25.6 Å². The van der Waals surface area contributed by atoms with Crippen LogP contribution in [0, 0.1) is 0 Å². The van der Waals surface area contributed by atoms with E-state index in [-0.39, 0.29) is 17.2 Å². The van der Waals surface area contributed by atoms with E-state index in [2.05, 4.69) is 35.3 Å². The Bertz CT molecular complexity index is 718. The van der Waals surface area contributed by atoms with Gasteiger partial charge in [0, 0.05) is 23.1 Å². The first kappa shape index (κ1) is 15.7. The first-order chi connectivity index (χ1) is 9.94. The van der Waals surface area contributed by atoms with Crippen molar-refractivity contribution in [2.45, 2.75) is 11.3 Å². The summed E-state index contributed by atoms with van der Waals surface area (Å²) in [5.41, 5.74) is 6.02. The third kappa shape index (κ3) is 3.71. The maximum atomic E-state index is 12.3. The molecule has 3 N–H and O–H groups in total. The third-order valence-electron chi connectivity index (χ3n) is 2.62. The molecule has 1 heterocycles. The number of nitrogens with two attached hydrogens (primary N) is 1. The molecular formula is C11H13BrN4O4S. The van der Waals surface area contributed by atoms with Crippen molar-refractivity contribution in [1.29, 1.82) is 0 Å². The summed E-state index contributed by atoms with van der Waals surface area (Å²) in [6, 6.07) is 2.84. The second kappa shape index (κ2) is 6.41. The number of methoxy groups -OCH3 is 1. The topological polar surface area (TPSA) is 120 Å². The number of nitrogens with zero attached hydrogens (tertiary/aromatic N) is 2. The van der Waals surface area contributed by atoms with Crippen molar-refractivity contribution in [2.75, 3.05) is 19.4 Å². The molecule has 0 spiro atoms. The summed E-state index contributed by atoms with van der Waals surface area (Å²) in [6.07, 6.45) is 1.49. The summed E-state index contributed by atoms with van der Waals surface area (Å²) in [7, 11) is -2.37. The highest BCUT2D eigenvalue weighted by atomic mass is 79.9. The van der Waals surface area contributed by atoms with Gasteiger partial charge in [-0.3, -0.25) is 0 Å². The molecule has 0 amide bonds. The van der Waals surface area contributed by atoms with Crippen molar-refractivity contribution in [3.63, 3.8) is 0 Å². The maximum absolute atomic E-state index is 12.3. The molecule has 114 valence electrons. The van der Waals surface area contributed by atoms with Gasteiger partial charge >= 0.3 is 0 Å². The lowest BCUT2D eigenvalue weighted by Crippen LogP contribution is -2.26. The van der Waals surface area contributed by atoms with Gasteiger partial charge in [0.05, 0.1) is 7.11 Å². The average Bonchev–Trinajstić information content (AvgIpc) is 2.94. The molecule has 1 aromatic heterocycles. The molecule has 8 nitrogen and oxygen atoms in total. The SMILES string of the molecule is COc1cc(Br)c(N)cc1S(=O)(=O)NCCc1ncon1. The van der Waals surface area contributed by atoms with Crippen LogP contribution in [0.15, 0.2) is 32.4 Å². The van der Waals surface area contributed by atoms with Crippen LogP contribution in [0.1, 0.15) is 5.82 Å². The lowest BCUT2D eigenvalue weighted by atomic mass is 10.3. The van der Waals surface area contributed by atoms with E-state index in [9.17, 15) is 8.42 Å². The minimum atomic E-state index is -3.76. The zero-order chi connectivity index (χ0) is 15.5. The van der Waals surface area contributed by atoms with Gasteiger partial charge in [-0.05, 0) is 28.1 Å². The summed E-state index contributed by atoms with van der Waals surface area (Å²) in [6.45, 7) is 0.126. The Morgan fingerprint density at radius 3 is 2.86 bits per heavy atom. The van der Waals surface area contributed by atoms with E-state index in [1.807, 2.05) is 0 Å². The molecular weight excluding hydrogens is 364 g/mol. The molecule has 0 aliphatic carbocycles. The first-order valence-corrected chi connectivity index (χ1v) is 8.09. The fourth-order valence-corrected chi connectivity index (χ4v) is 3.14. The minimum absolute atomic E-state index is 0.0289. The number of rotatable bonds is 6. The second-order valence-electron chi connectivity index (χ2n) is 4.02. The Balaban J connectivity index is 2.17. The van der Waals surface area contributed by atoms with Gasteiger partial charge in [-0.1, -0.05) is 5.16 Å². The Kier molecular flexibility index (Phi) is 4.80. The molecule has 0 fully saturated rings. The predicted molar refractivity (Wildman–Crippen MR) is 78.3 cm³/mol. The Morgan fingerprint density at radius 2 is 2.24 bits per heavy atom. The molecule has 0 aliphatic heterocycles. The number of nitrogens with one attached hydrogen (secondary N) is 1. The number of nitrogen functional groups attached to an aromatic ring is 1. The van der Waals surface area contributed by atoms with Crippen LogP contribution in [0.25, 0.3) is 0 Å². The standard InChI is InChI=1S/C11H13BrN4O4S/c1-19-9-4-7(12)8(13)5-10(9)21(17,18)15-3-2-11-14-6-20-16-11/h4-6,15H,2-3,13H2,1H3. The Morgan fingerprint density at radius 1 is 1.48 bits per heavy atom. The molecule has 2 rings (SSSR count). The van der Waals surface area contributed by atoms with Crippen LogP contribution in [0.5, 0.6) is 5.75 Å². The van der Waals surface area contributed by atoms with E-state index in [0.29, 0.717) is 22.4 Å². The van der Waals surface area contributed by atoms with E-state index in [4.69, 9.17) is 10.5 Å². The first-order valence-electron chi connectivity index (χ1n) is 5.82. The van der Waals surface area contributed by atoms with Gasteiger partial charge in [0.1, 0.15) is 10.6 Å². The fraction of sp³-hybridized carbons (Fsp3) is 0.273. The molecule has 1 aromatic carbocycles. The molecule has 0 aliphatic rings. The van der Waals surface area contributed by atoms with E-state index >= 15 is 0 Å². The minimum Gasteiger partial charge on any atom is -0.495 e. The predicted octanol–water partition coefficient (Wildman–Crippen LogP) is 0.944. The number of hydrogen-bond acceptors (Lipinski definition) is 7. The number of sulfonamides is 1. The third-order valence-corrected chi connectivity index (χ3v) is 4.79. The highest BCUT2D eigenvalue weighted by Gasteiger charge is 2.21. The molecule has 21 heavy (non-hydrogen) atoms. The van der Waals surface area contributed by atoms with Gasteiger partial charge in [-0.2, -0.15) is 4.98 Å². The van der Waals surface area contributed by atoms with Crippen LogP contribution >= 0.6 is 15.9 Å². The monoisotopic (exact) mass is 376 g/mol. The van der Waals surface area contributed by atoms with Crippen molar-refractivity contribution in [3.05, 3.63) is 28.8 Å². The number of aromatic nitrogens is 2. The molecule has 0 radical (unpaired) electrons. The van der Waals surface area contributed by atoms with Crippen LogP contribution in [-0.4, -0.2) is 32.2 Å². The van der Waals surface area contributed by atoms with Gasteiger partial charge in [0.15, 0.2) is 5.82 Å². The van der Waals surface area contributed by atoms with Crippen molar-refractivity contribution >= 4 is 31.6 Å². The zero-order valence-electron chi connectivity index (χ0n) is 11.0. The van der Waals surface area contributed by atoms with Crippen LogP contribution in [0.3, 0.4) is 0 Å². The number of anilines is 1. The highest BCUT2D eigenvalue weighted by Crippen LogP contribution is 2.32. The summed E-state index contributed by atoms with van der Waals surface area (Å²) < 4.78 is 37.2. The average molecular weight is 377 g/mol. The van der Waals surface area contributed by atoms with E-state index in [1.54, 1.807) is 0 Å². The number of hydrogen-bond donors (Lipinski definition) is 2. The van der Waals surface area contributed by atoms with Gasteiger partial charge in [-0.15, -0.1) is 0 Å². The molecule has 0 unspecified atom stereocenters. The fourth-order valence-electron chi connectivity index (χ4n) is 1.60. The van der Waals surface area contributed by atoms with E-state index < -0.39 is 10.0 Å². The van der Waals surface area contributed by atoms with Gasteiger partial charge < -0.3 is 15.0 Å². The highest BCUT2D eigenvalue weighted by molar-refractivity contribution is 9.10. The summed E-state index contributed by atoms with van der Waals surface area (Å²) in [4.78, 5) is 3.78. The lowest BCUT2D eigenvalue weighted by Gasteiger charge is -2.12. The van der Waals surface area contributed by atoms with Crippen LogP contribution in [-0.2, 0) is 16.4 Å². The molecule has 2 aromatic rings. The number of benzene rings is 1.